The van der Waals surface area contributed by atoms with Gasteiger partial charge in [-0.15, -0.1) is 0 Å². The Morgan fingerprint density at radius 2 is 1.63 bits per heavy atom. The van der Waals surface area contributed by atoms with Crippen LogP contribution >= 0.6 is 11.6 Å². The molecule has 0 spiro atoms. The van der Waals surface area contributed by atoms with Gasteiger partial charge in [-0.1, -0.05) is 48.0 Å². The highest BCUT2D eigenvalue weighted by Gasteiger charge is 2.09. The van der Waals surface area contributed by atoms with Crippen molar-refractivity contribution in [1.82, 2.24) is 9.97 Å². The summed E-state index contributed by atoms with van der Waals surface area (Å²) in [5, 5.41) is 2.95. The molecule has 1 heterocycles. The zero-order valence-electron chi connectivity index (χ0n) is 10.8. The van der Waals surface area contributed by atoms with E-state index in [0.29, 0.717) is 11.0 Å². The lowest BCUT2D eigenvalue weighted by Gasteiger charge is -2.08. The summed E-state index contributed by atoms with van der Waals surface area (Å²) in [7, 11) is 0. The van der Waals surface area contributed by atoms with E-state index in [1.54, 1.807) is 0 Å². The Hall–Kier alpha value is -1.93. The maximum absolute atomic E-state index is 6.14. The van der Waals surface area contributed by atoms with Gasteiger partial charge in [0.25, 0.3) is 0 Å². The second kappa shape index (κ2) is 4.63. The van der Waals surface area contributed by atoms with Crippen LogP contribution in [0, 0.1) is 13.8 Å². The number of benzene rings is 2. The summed E-state index contributed by atoms with van der Waals surface area (Å²) >= 11 is 6.14. The zero-order chi connectivity index (χ0) is 13.4. The smallest absolute Gasteiger partial charge is 0.136 e. The van der Waals surface area contributed by atoms with Gasteiger partial charge in [0.2, 0.25) is 0 Å². The van der Waals surface area contributed by atoms with E-state index < -0.39 is 0 Å². The molecule has 2 nitrogen and oxygen atoms in total. The van der Waals surface area contributed by atoms with E-state index in [2.05, 4.69) is 40.3 Å². The first kappa shape index (κ1) is 12.1. The van der Waals surface area contributed by atoms with Crippen LogP contribution < -0.4 is 0 Å². The van der Waals surface area contributed by atoms with E-state index in [1.807, 2.05) is 26.0 Å². The molecule has 2 aromatic carbocycles. The Bertz CT molecular complexity index is 766. The third-order valence-electron chi connectivity index (χ3n) is 3.22. The first-order chi connectivity index (χ1) is 9.15. The first-order valence-electron chi connectivity index (χ1n) is 6.15. The van der Waals surface area contributed by atoms with Gasteiger partial charge in [-0.05, 0) is 30.7 Å². The van der Waals surface area contributed by atoms with E-state index >= 15 is 0 Å². The number of hydrogen-bond donors (Lipinski definition) is 0. The summed E-state index contributed by atoms with van der Waals surface area (Å²) in [6.45, 7) is 3.81. The summed E-state index contributed by atoms with van der Waals surface area (Å²) in [4.78, 5) is 8.69. The molecule has 3 aromatic rings. The maximum Gasteiger partial charge on any atom is 0.136 e. The molecule has 0 radical (unpaired) electrons. The van der Waals surface area contributed by atoms with Gasteiger partial charge in [-0.3, -0.25) is 0 Å². The molecule has 3 heteroatoms. The van der Waals surface area contributed by atoms with Crippen molar-refractivity contribution in [3.05, 3.63) is 59.0 Å². The van der Waals surface area contributed by atoms with Gasteiger partial charge in [0, 0.05) is 11.1 Å². The fourth-order valence-electron chi connectivity index (χ4n) is 2.21. The molecule has 0 bridgehead atoms. The highest BCUT2D eigenvalue weighted by atomic mass is 35.5. The Balaban J connectivity index is 2.24. The zero-order valence-corrected chi connectivity index (χ0v) is 11.6. The lowest BCUT2D eigenvalue weighted by Crippen LogP contribution is -1.96. The quantitative estimate of drug-likeness (QED) is 0.604. The number of halogens is 1. The van der Waals surface area contributed by atoms with E-state index in [4.69, 9.17) is 11.6 Å². The van der Waals surface area contributed by atoms with Gasteiger partial charge in [-0.2, -0.15) is 0 Å². The molecule has 94 valence electrons. The molecule has 3 rings (SSSR count). The minimum atomic E-state index is 0.524. The summed E-state index contributed by atoms with van der Waals surface area (Å²) < 4.78 is 0. The SMILES string of the molecule is Cc1nc(Cl)c(C)c(-c2ccc3ccccc3c2)n1. The molecule has 1 aromatic heterocycles. The molecule has 0 unspecified atom stereocenters. The van der Waals surface area contributed by atoms with E-state index in [-0.39, 0.29) is 0 Å². The Labute approximate surface area is 117 Å². The van der Waals surface area contributed by atoms with Gasteiger partial charge in [0.15, 0.2) is 0 Å². The molecule has 19 heavy (non-hydrogen) atoms. The fraction of sp³-hybridized carbons (Fsp3) is 0.125. The average Bonchev–Trinajstić information content (AvgIpc) is 2.42. The van der Waals surface area contributed by atoms with Crippen LogP contribution in [0.2, 0.25) is 5.15 Å². The van der Waals surface area contributed by atoms with Gasteiger partial charge < -0.3 is 0 Å². The lowest BCUT2D eigenvalue weighted by molar-refractivity contribution is 1.04. The molecule has 0 aliphatic rings. The third kappa shape index (κ3) is 2.20. The molecule has 0 N–H and O–H groups in total. The van der Waals surface area contributed by atoms with Crippen molar-refractivity contribution in [3.63, 3.8) is 0 Å². The van der Waals surface area contributed by atoms with Crippen molar-refractivity contribution >= 4 is 22.4 Å². The Morgan fingerprint density at radius 1 is 0.895 bits per heavy atom. The van der Waals surface area contributed by atoms with Crippen LogP contribution in [-0.2, 0) is 0 Å². The predicted octanol–water partition coefficient (Wildman–Crippen LogP) is 4.57. The summed E-state index contributed by atoms with van der Waals surface area (Å²) in [5.41, 5.74) is 2.90. The first-order valence-corrected chi connectivity index (χ1v) is 6.53. The number of rotatable bonds is 1. The molecule has 0 saturated carbocycles. The topological polar surface area (TPSA) is 25.8 Å². The molecule has 0 aliphatic carbocycles. The minimum Gasteiger partial charge on any atom is -0.233 e. The molecule has 0 amide bonds. The minimum absolute atomic E-state index is 0.524. The average molecular weight is 269 g/mol. The van der Waals surface area contributed by atoms with Crippen LogP contribution in [-0.4, -0.2) is 9.97 Å². The normalized spacial score (nSPS) is 10.9. The Kier molecular flexibility index (Phi) is 2.96. The molecular formula is C16H13ClN2. The number of aromatic nitrogens is 2. The van der Waals surface area contributed by atoms with Crippen molar-refractivity contribution in [1.29, 1.82) is 0 Å². The molecule has 0 fully saturated rings. The highest BCUT2D eigenvalue weighted by molar-refractivity contribution is 6.30. The van der Waals surface area contributed by atoms with Gasteiger partial charge in [-0.25, -0.2) is 9.97 Å². The van der Waals surface area contributed by atoms with E-state index in [9.17, 15) is 0 Å². The van der Waals surface area contributed by atoms with Crippen molar-refractivity contribution < 1.29 is 0 Å². The number of hydrogen-bond acceptors (Lipinski definition) is 2. The lowest BCUT2D eigenvalue weighted by atomic mass is 10.0. The largest absolute Gasteiger partial charge is 0.233 e. The van der Waals surface area contributed by atoms with Crippen LogP contribution in [0.25, 0.3) is 22.0 Å². The third-order valence-corrected chi connectivity index (χ3v) is 3.59. The van der Waals surface area contributed by atoms with E-state index in [0.717, 1.165) is 16.8 Å². The molecule has 0 saturated heterocycles. The summed E-state index contributed by atoms with van der Waals surface area (Å²) in [6.07, 6.45) is 0. The second-order valence-corrected chi connectivity index (χ2v) is 4.96. The predicted molar refractivity (Wildman–Crippen MR) is 79.5 cm³/mol. The monoisotopic (exact) mass is 268 g/mol. The van der Waals surface area contributed by atoms with Crippen LogP contribution in [0.5, 0.6) is 0 Å². The standard InChI is InChI=1S/C16H13ClN2/c1-10-15(18-11(2)19-16(10)17)14-8-7-12-5-3-4-6-13(12)9-14/h3-9H,1-2H3. The molecule has 0 atom stereocenters. The molecule has 0 aliphatic heterocycles. The number of fused-ring (bicyclic) bond motifs is 1. The molecular weight excluding hydrogens is 256 g/mol. The van der Waals surface area contributed by atoms with Crippen molar-refractivity contribution in [2.45, 2.75) is 13.8 Å². The fourth-order valence-corrected chi connectivity index (χ4v) is 2.42. The van der Waals surface area contributed by atoms with Gasteiger partial charge >= 0.3 is 0 Å². The van der Waals surface area contributed by atoms with Crippen molar-refractivity contribution in [3.8, 4) is 11.3 Å². The summed E-state index contributed by atoms with van der Waals surface area (Å²) in [6, 6.07) is 14.6. The second-order valence-electron chi connectivity index (χ2n) is 4.60. The van der Waals surface area contributed by atoms with Crippen LogP contribution in [0.4, 0.5) is 0 Å². The van der Waals surface area contributed by atoms with Crippen LogP contribution in [0.1, 0.15) is 11.4 Å². The van der Waals surface area contributed by atoms with Gasteiger partial charge in [0.1, 0.15) is 11.0 Å². The Morgan fingerprint density at radius 3 is 2.42 bits per heavy atom. The van der Waals surface area contributed by atoms with Gasteiger partial charge in [0.05, 0.1) is 5.69 Å². The van der Waals surface area contributed by atoms with Crippen LogP contribution in [0.15, 0.2) is 42.5 Å². The van der Waals surface area contributed by atoms with Crippen molar-refractivity contribution in [2.75, 3.05) is 0 Å². The summed E-state index contributed by atoms with van der Waals surface area (Å²) in [5.74, 6) is 0.693. The maximum atomic E-state index is 6.14. The number of nitrogens with zero attached hydrogens (tertiary/aromatic N) is 2. The van der Waals surface area contributed by atoms with E-state index in [1.165, 1.54) is 10.8 Å². The van der Waals surface area contributed by atoms with Crippen LogP contribution in [0.3, 0.4) is 0 Å². The number of aryl methyl sites for hydroxylation is 1. The van der Waals surface area contributed by atoms with Crippen molar-refractivity contribution in [2.24, 2.45) is 0 Å². The highest BCUT2D eigenvalue weighted by Crippen LogP contribution is 2.28.